The Morgan fingerprint density at radius 1 is 0.667 bits per heavy atom. The van der Waals surface area contributed by atoms with Crippen LogP contribution in [0.15, 0.2) is 36.4 Å². The average molecular weight is 409 g/mol. The number of rotatable bonds is 11. The Kier molecular flexibility index (Phi) is 8.07. The number of unbranched alkanes of at least 4 members (excludes halogenated alkanes) is 3. The van der Waals surface area contributed by atoms with Crippen LogP contribution in [0.2, 0.25) is 0 Å². The highest BCUT2D eigenvalue weighted by Gasteiger charge is 2.28. The fourth-order valence-electron chi connectivity index (χ4n) is 4.74. The molecule has 0 fully saturated rings. The molecule has 0 N–H and O–H groups in total. The van der Waals surface area contributed by atoms with Gasteiger partial charge in [-0.05, 0) is 46.2 Å². The zero-order valence-corrected chi connectivity index (χ0v) is 19.7. The van der Waals surface area contributed by atoms with Gasteiger partial charge in [0, 0.05) is 66.7 Å². The van der Waals surface area contributed by atoms with Crippen molar-refractivity contribution < 1.29 is 4.74 Å². The van der Waals surface area contributed by atoms with Gasteiger partial charge in [0.25, 0.3) is 0 Å². The zero-order valence-electron chi connectivity index (χ0n) is 19.7. The first-order chi connectivity index (χ1) is 14.7. The molecule has 3 rings (SSSR count). The molecule has 164 valence electrons. The molecular formula is C27H40N2O. The van der Waals surface area contributed by atoms with Gasteiger partial charge in [-0.25, -0.2) is 0 Å². The first kappa shape index (κ1) is 22.5. The van der Waals surface area contributed by atoms with Crippen LogP contribution in [-0.4, -0.2) is 26.2 Å². The molecule has 0 saturated heterocycles. The van der Waals surface area contributed by atoms with E-state index in [1.807, 2.05) is 0 Å². The molecule has 0 unspecified atom stereocenters. The second-order valence-electron chi connectivity index (χ2n) is 8.29. The van der Waals surface area contributed by atoms with E-state index in [9.17, 15) is 0 Å². The first-order valence-corrected chi connectivity index (χ1v) is 12.1. The van der Waals surface area contributed by atoms with Gasteiger partial charge in [0.15, 0.2) is 0 Å². The molecule has 3 heteroatoms. The molecule has 0 amide bonds. The summed E-state index contributed by atoms with van der Waals surface area (Å²) in [4.78, 5) is 4.78. The summed E-state index contributed by atoms with van der Waals surface area (Å²) in [5.74, 6) is 2.52. The molecule has 0 bridgehead atoms. The van der Waals surface area contributed by atoms with Gasteiger partial charge < -0.3 is 14.5 Å². The summed E-state index contributed by atoms with van der Waals surface area (Å²) in [6.45, 7) is 15.2. The van der Waals surface area contributed by atoms with Gasteiger partial charge >= 0.3 is 0 Å². The number of nitrogens with zero attached hydrogens (tertiary/aromatic N) is 2. The predicted octanol–water partition coefficient (Wildman–Crippen LogP) is 7.59. The molecule has 2 aromatic carbocycles. The molecule has 1 heterocycles. The molecule has 0 saturated carbocycles. The van der Waals surface area contributed by atoms with Crippen LogP contribution in [0, 0.1) is 0 Å². The molecule has 0 radical (unpaired) electrons. The van der Waals surface area contributed by atoms with Gasteiger partial charge in [-0.2, -0.15) is 0 Å². The van der Waals surface area contributed by atoms with Gasteiger partial charge in [0.1, 0.15) is 11.5 Å². The van der Waals surface area contributed by atoms with Crippen molar-refractivity contribution in [2.75, 3.05) is 36.0 Å². The van der Waals surface area contributed by atoms with Gasteiger partial charge in [0.05, 0.1) is 0 Å². The molecule has 30 heavy (non-hydrogen) atoms. The van der Waals surface area contributed by atoms with Gasteiger partial charge in [0.2, 0.25) is 0 Å². The zero-order chi connectivity index (χ0) is 21.5. The van der Waals surface area contributed by atoms with E-state index in [4.69, 9.17) is 4.74 Å². The van der Waals surface area contributed by atoms with E-state index in [1.165, 1.54) is 54.6 Å². The van der Waals surface area contributed by atoms with E-state index in [1.54, 1.807) is 0 Å². The lowest BCUT2D eigenvalue weighted by molar-refractivity contribution is 0.436. The summed E-state index contributed by atoms with van der Waals surface area (Å²) >= 11 is 0. The summed E-state index contributed by atoms with van der Waals surface area (Å²) in [6, 6.07) is 13.7. The summed E-state index contributed by atoms with van der Waals surface area (Å²) in [7, 11) is 0. The topological polar surface area (TPSA) is 15.7 Å². The smallest absolute Gasteiger partial charge is 0.133 e. The number of anilines is 2. The quantitative estimate of drug-likeness (QED) is 0.356. The third-order valence-corrected chi connectivity index (χ3v) is 6.57. The molecule has 0 aliphatic carbocycles. The molecule has 1 aliphatic rings. The van der Waals surface area contributed by atoms with E-state index in [2.05, 4.69) is 80.8 Å². The summed E-state index contributed by atoms with van der Waals surface area (Å²) in [5.41, 5.74) is 5.22. The number of hydrogen-bond donors (Lipinski definition) is 0. The Hall–Kier alpha value is -2.16. The maximum Gasteiger partial charge on any atom is 0.133 e. The molecule has 0 spiro atoms. The fourth-order valence-corrected chi connectivity index (χ4v) is 4.74. The normalized spacial score (nSPS) is 12.8. The standard InChI is InChI=1S/C27H40N2O/c1-6-11-12-13-14-23-24-17-15-21(28(7-2)8-3)19-26(24)30-27-20-22(16-18-25(23)27)29(9-4)10-5/h15-20,23H,6-14H2,1-5H3. The fraction of sp³-hybridized carbons (Fsp3) is 0.556. The van der Waals surface area contributed by atoms with Gasteiger partial charge in [-0.15, -0.1) is 0 Å². The van der Waals surface area contributed by atoms with Crippen molar-refractivity contribution in [2.24, 2.45) is 0 Å². The van der Waals surface area contributed by atoms with Crippen LogP contribution in [0.25, 0.3) is 0 Å². The van der Waals surface area contributed by atoms with E-state index < -0.39 is 0 Å². The van der Waals surface area contributed by atoms with Crippen LogP contribution in [0.5, 0.6) is 11.5 Å². The van der Waals surface area contributed by atoms with Crippen LogP contribution in [0.3, 0.4) is 0 Å². The maximum absolute atomic E-state index is 6.54. The van der Waals surface area contributed by atoms with Crippen molar-refractivity contribution in [3.8, 4) is 11.5 Å². The minimum atomic E-state index is 0.428. The van der Waals surface area contributed by atoms with Crippen LogP contribution < -0.4 is 14.5 Å². The van der Waals surface area contributed by atoms with Crippen molar-refractivity contribution in [3.63, 3.8) is 0 Å². The number of ether oxygens (including phenoxy) is 1. The monoisotopic (exact) mass is 408 g/mol. The van der Waals surface area contributed by atoms with Crippen molar-refractivity contribution in [1.82, 2.24) is 0 Å². The maximum atomic E-state index is 6.54. The second kappa shape index (κ2) is 10.7. The largest absolute Gasteiger partial charge is 0.457 e. The van der Waals surface area contributed by atoms with Crippen molar-refractivity contribution in [2.45, 2.75) is 72.6 Å². The number of fused-ring (bicyclic) bond motifs is 2. The molecule has 1 aliphatic heterocycles. The predicted molar refractivity (Wildman–Crippen MR) is 131 cm³/mol. The Bertz CT molecular complexity index is 747. The molecule has 3 nitrogen and oxygen atoms in total. The van der Waals surface area contributed by atoms with Crippen molar-refractivity contribution in [1.29, 1.82) is 0 Å². The minimum absolute atomic E-state index is 0.428. The van der Waals surface area contributed by atoms with E-state index in [0.717, 1.165) is 37.7 Å². The average Bonchev–Trinajstić information content (AvgIpc) is 2.77. The molecule has 2 aromatic rings. The van der Waals surface area contributed by atoms with E-state index >= 15 is 0 Å². The molecular weight excluding hydrogens is 368 g/mol. The van der Waals surface area contributed by atoms with Gasteiger partial charge in [-0.1, -0.05) is 44.7 Å². The SMILES string of the molecule is CCCCCCC1c2ccc(N(CC)CC)cc2Oc2cc(N(CC)CC)ccc21. The Balaban J connectivity index is 1.98. The minimum Gasteiger partial charge on any atom is -0.457 e. The summed E-state index contributed by atoms with van der Waals surface area (Å²) in [5, 5.41) is 0. The second-order valence-corrected chi connectivity index (χ2v) is 8.29. The van der Waals surface area contributed by atoms with Crippen LogP contribution >= 0.6 is 0 Å². The van der Waals surface area contributed by atoms with Crippen LogP contribution in [0.1, 0.15) is 83.8 Å². The lowest BCUT2D eigenvalue weighted by Gasteiger charge is -2.31. The van der Waals surface area contributed by atoms with Crippen LogP contribution in [0.4, 0.5) is 11.4 Å². The Morgan fingerprint density at radius 2 is 1.17 bits per heavy atom. The summed E-state index contributed by atoms with van der Waals surface area (Å²) < 4.78 is 6.54. The number of hydrogen-bond acceptors (Lipinski definition) is 3. The van der Waals surface area contributed by atoms with Crippen molar-refractivity contribution >= 4 is 11.4 Å². The van der Waals surface area contributed by atoms with E-state index in [0.29, 0.717) is 5.92 Å². The third kappa shape index (κ3) is 4.77. The highest BCUT2D eigenvalue weighted by atomic mass is 16.5. The highest BCUT2D eigenvalue weighted by molar-refractivity contribution is 5.63. The van der Waals surface area contributed by atoms with Gasteiger partial charge in [-0.3, -0.25) is 0 Å². The summed E-state index contributed by atoms with van der Waals surface area (Å²) in [6.07, 6.45) is 6.38. The third-order valence-electron chi connectivity index (χ3n) is 6.57. The number of benzene rings is 2. The van der Waals surface area contributed by atoms with E-state index in [-0.39, 0.29) is 0 Å². The molecule has 0 atom stereocenters. The Labute approximate surface area is 184 Å². The lowest BCUT2D eigenvalue weighted by Crippen LogP contribution is -2.23. The van der Waals surface area contributed by atoms with Crippen LogP contribution in [-0.2, 0) is 0 Å². The lowest BCUT2D eigenvalue weighted by atomic mass is 9.83. The first-order valence-electron chi connectivity index (χ1n) is 12.1. The highest BCUT2D eigenvalue weighted by Crippen LogP contribution is 2.48. The molecule has 0 aromatic heterocycles. The van der Waals surface area contributed by atoms with Crippen molar-refractivity contribution in [3.05, 3.63) is 47.5 Å². The Morgan fingerprint density at radius 3 is 1.60 bits per heavy atom.